The van der Waals surface area contributed by atoms with Crippen LogP contribution in [0.3, 0.4) is 0 Å². The van der Waals surface area contributed by atoms with Crippen LogP contribution in [0.2, 0.25) is 0 Å². The third-order valence-corrected chi connectivity index (χ3v) is 5.18. The fraction of sp³-hybridized carbons (Fsp3) is 0.478. The van der Waals surface area contributed by atoms with Gasteiger partial charge in [-0.15, -0.1) is 0 Å². The molecule has 28 heavy (non-hydrogen) atoms. The predicted octanol–water partition coefficient (Wildman–Crippen LogP) is 3.30. The topological polar surface area (TPSA) is 94.8 Å². The van der Waals surface area contributed by atoms with E-state index in [9.17, 15) is 19.8 Å². The van der Waals surface area contributed by atoms with Crippen LogP contribution in [-0.2, 0) is 16.0 Å². The lowest BCUT2D eigenvalue weighted by molar-refractivity contribution is -0.137. The lowest BCUT2D eigenvalue weighted by atomic mass is 9.90. The summed E-state index contributed by atoms with van der Waals surface area (Å²) < 4.78 is 0. The van der Waals surface area contributed by atoms with Gasteiger partial charge in [0.15, 0.2) is 0 Å². The van der Waals surface area contributed by atoms with E-state index in [0.29, 0.717) is 25.7 Å². The maximum atomic E-state index is 12.2. The van der Waals surface area contributed by atoms with Gasteiger partial charge >= 0.3 is 5.97 Å². The summed E-state index contributed by atoms with van der Waals surface area (Å²) in [6, 6.07) is 9.94. The molecule has 0 aliphatic heterocycles. The molecule has 0 heterocycles. The van der Waals surface area contributed by atoms with Gasteiger partial charge in [0.25, 0.3) is 0 Å². The fourth-order valence-corrected chi connectivity index (χ4v) is 3.57. The van der Waals surface area contributed by atoms with Crippen molar-refractivity contribution in [1.29, 1.82) is 0 Å². The largest absolute Gasteiger partial charge is 0.481 e. The van der Waals surface area contributed by atoms with E-state index in [1.165, 1.54) is 0 Å². The molecular weight excluding hydrogens is 356 g/mol. The number of carboxylic acid groups (broad SMARTS) is 1. The number of aliphatic hydroxyl groups excluding tert-OH is 2. The summed E-state index contributed by atoms with van der Waals surface area (Å²) in [5.74, 6) is -1.35. The van der Waals surface area contributed by atoms with E-state index in [1.54, 1.807) is 12.2 Å². The number of ketones is 1. The lowest BCUT2D eigenvalue weighted by Crippen LogP contribution is -2.19. The van der Waals surface area contributed by atoms with Crippen molar-refractivity contribution >= 4 is 11.8 Å². The average molecular weight is 386 g/mol. The number of carbonyl (C=O) groups excluding carboxylic acids is 1. The van der Waals surface area contributed by atoms with Gasteiger partial charge in [-0.25, -0.2) is 0 Å². The van der Waals surface area contributed by atoms with E-state index >= 15 is 0 Å². The summed E-state index contributed by atoms with van der Waals surface area (Å²) in [5.41, 5.74) is 1.16. The van der Waals surface area contributed by atoms with Crippen LogP contribution in [0.4, 0.5) is 0 Å². The summed E-state index contributed by atoms with van der Waals surface area (Å²) in [6.07, 6.45) is 9.34. The minimum absolute atomic E-state index is 0.0381. The number of unbranched alkanes of at least 4 members (excludes halogenated alkanes) is 1. The fourth-order valence-electron chi connectivity index (χ4n) is 3.57. The molecule has 152 valence electrons. The van der Waals surface area contributed by atoms with Gasteiger partial charge in [0.05, 0.1) is 12.2 Å². The first-order chi connectivity index (χ1) is 13.5. The highest BCUT2D eigenvalue weighted by Gasteiger charge is 2.39. The second-order valence-electron chi connectivity index (χ2n) is 7.39. The minimum atomic E-state index is -0.807. The molecule has 0 spiro atoms. The molecule has 0 amide bonds. The number of aliphatic hydroxyl groups is 2. The second kappa shape index (κ2) is 11.6. The summed E-state index contributed by atoms with van der Waals surface area (Å²) in [6.45, 7) is 0. The third kappa shape index (κ3) is 7.41. The Hall–Kier alpha value is -2.24. The Kier molecular flexibility index (Phi) is 9.11. The number of hydrogen-bond acceptors (Lipinski definition) is 4. The van der Waals surface area contributed by atoms with Gasteiger partial charge < -0.3 is 15.3 Å². The number of allylic oxidation sites excluding steroid dienone is 2. The van der Waals surface area contributed by atoms with Crippen molar-refractivity contribution in [3.63, 3.8) is 0 Å². The van der Waals surface area contributed by atoms with Crippen LogP contribution in [0.25, 0.3) is 0 Å². The summed E-state index contributed by atoms with van der Waals surface area (Å²) >= 11 is 0. The van der Waals surface area contributed by atoms with Crippen molar-refractivity contribution in [3.8, 4) is 0 Å². The Morgan fingerprint density at radius 3 is 2.68 bits per heavy atom. The summed E-state index contributed by atoms with van der Waals surface area (Å²) in [4.78, 5) is 22.7. The quantitative estimate of drug-likeness (QED) is 0.401. The van der Waals surface area contributed by atoms with E-state index in [-0.39, 0.29) is 30.5 Å². The molecule has 1 aromatic rings. The number of carbonyl (C=O) groups is 2. The van der Waals surface area contributed by atoms with Gasteiger partial charge in [0.1, 0.15) is 5.78 Å². The Labute approximate surface area is 166 Å². The molecule has 1 saturated carbocycles. The molecule has 2 rings (SSSR count). The first-order valence-corrected chi connectivity index (χ1v) is 9.95. The van der Waals surface area contributed by atoms with Gasteiger partial charge in [-0.1, -0.05) is 54.6 Å². The van der Waals surface area contributed by atoms with Crippen LogP contribution in [-0.4, -0.2) is 39.3 Å². The van der Waals surface area contributed by atoms with E-state index in [1.807, 2.05) is 42.5 Å². The Balaban J connectivity index is 1.82. The predicted molar refractivity (Wildman–Crippen MR) is 108 cm³/mol. The SMILES string of the molecule is O=C(O)CCC/C=C\CC1C(=O)CC(O)[C@@H]1/C=C/C(O)CCc1ccccc1. The molecule has 1 aromatic carbocycles. The minimum Gasteiger partial charge on any atom is -0.481 e. The maximum absolute atomic E-state index is 12.2. The molecule has 0 saturated heterocycles. The van der Waals surface area contributed by atoms with Crippen LogP contribution < -0.4 is 0 Å². The monoisotopic (exact) mass is 386 g/mol. The molecule has 5 heteroatoms. The standard InChI is InChI=1S/C23H30O5/c24-18(13-12-17-8-4-3-5-9-17)14-15-20-19(21(25)16-22(20)26)10-6-1-2-7-11-23(27)28/h1,3-6,8-9,14-15,18-20,22,24,26H,2,7,10-13,16H2,(H,27,28)/b6-1-,15-14+/t18?,19?,20-,22?/m1/s1. The van der Waals surface area contributed by atoms with Crippen LogP contribution >= 0.6 is 0 Å². The Morgan fingerprint density at radius 1 is 1.21 bits per heavy atom. The lowest BCUT2D eigenvalue weighted by Gasteiger charge is -2.16. The molecule has 0 radical (unpaired) electrons. The van der Waals surface area contributed by atoms with Gasteiger partial charge in [-0.05, 0) is 37.7 Å². The summed E-state index contributed by atoms with van der Waals surface area (Å²) in [7, 11) is 0. The van der Waals surface area contributed by atoms with Crippen LogP contribution in [0.15, 0.2) is 54.6 Å². The number of aliphatic carboxylic acids is 1. The van der Waals surface area contributed by atoms with Crippen molar-refractivity contribution in [2.24, 2.45) is 11.8 Å². The second-order valence-corrected chi connectivity index (χ2v) is 7.39. The van der Waals surface area contributed by atoms with Crippen molar-refractivity contribution in [3.05, 3.63) is 60.2 Å². The van der Waals surface area contributed by atoms with Gasteiger partial charge in [0.2, 0.25) is 0 Å². The summed E-state index contributed by atoms with van der Waals surface area (Å²) in [5, 5.41) is 29.0. The third-order valence-electron chi connectivity index (χ3n) is 5.18. The van der Waals surface area contributed by atoms with Crippen LogP contribution in [0, 0.1) is 11.8 Å². The Bertz CT molecular complexity index is 679. The number of benzene rings is 1. The van der Waals surface area contributed by atoms with E-state index < -0.39 is 18.2 Å². The smallest absolute Gasteiger partial charge is 0.303 e. The Morgan fingerprint density at radius 2 is 1.96 bits per heavy atom. The first kappa shape index (κ1) is 22.1. The zero-order valence-electron chi connectivity index (χ0n) is 16.1. The zero-order valence-corrected chi connectivity index (χ0v) is 16.1. The highest BCUT2D eigenvalue weighted by Crippen LogP contribution is 2.33. The molecule has 1 fully saturated rings. The normalized spacial score (nSPS) is 23.6. The number of hydrogen-bond donors (Lipinski definition) is 3. The molecule has 0 aromatic heterocycles. The molecule has 4 atom stereocenters. The van der Waals surface area contributed by atoms with E-state index in [2.05, 4.69) is 0 Å². The van der Waals surface area contributed by atoms with Crippen LogP contribution in [0.1, 0.15) is 44.1 Å². The van der Waals surface area contributed by atoms with Crippen molar-refractivity contribution in [1.82, 2.24) is 0 Å². The maximum Gasteiger partial charge on any atom is 0.303 e. The molecule has 3 unspecified atom stereocenters. The molecule has 1 aliphatic carbocycles. The number of Topliss-reactive ketones (excluding diaryl/α,β-unsaturated/α-hetero) is 1. The van der Waals surface area contributed by atoms with Crippen molar-refractivity contribution < 1.29 is 24.9 Å². The average Bonchev–Trinajstić information content (AvgIpc) is 2.94. The molecule has 5 nitrogen and oxygen atoms in total. The highest BCUT2D eigenvalue weighted by atomic mass is 16.4. The highest BCUT2D eigenvalue weighted by molar-refractivity contribution is 5.84. The number of carboxylic acids is 1. The molecule has 0 bridgehead atoms. The van der Waals surface area contributed by atoms with E-state index in [0.717, 1.165) is 12.0 Å². The molecule has 3 N–H and O–H groups in total. The van der Waals surface area contributed by atoms with Crippen molar-refractivity contribution in [2.45, 2.75) is 57.2 Å². The molecule has 1 aliphatic rings. The zero-order chi connectivity index (χ0) is 20.4. The van der Waals surface area contributed by atoms with Gasteiger partial charge in [-0.3, -0.25) is 9.59 Å². The van der Waals surface area contributed by atoms with Gasteiger partial charge in [0, 0.05) is 24.7 Å². The first-order valence-electron chi connectivity index (χ1n) is 9.95. The number of aryl methyl sites for hydroxylation is 1. The number of rotatable bonds is 11. The molecular formula is C23H30O5. The van der Waals surface area contributed by atoms with Gasteiger partial charge in [-0.2, -0.15) is 0 Å². The van der Waals surface area contributed by atoms with E-state index in [4.69, 9.17) is 5.11 Å². The van der Waals surface area contributed by atoms with Crippen molar-refractivity contribution in [2.75, 3.05) is 0 Å². The van der Waals surface area contributed by atoms with Crippen LogP contribution in [0.5, 0.6) is 0 Å².